The highest BCUT2D eigenvalue weighted by molar-refractivity contribution is 5.69. The van der Waals surface area contributed by atoms with E-state index in [9.17, 15) is 14.7 Å². The van der Waals surface area contributed by atoms with Gasteiger partial charge in [-0.05, 0) is 39.5 Å². The molecule has 128 valence electrons. The molecule has 2 heterocycles. The number of nitrogens with zero attached hydrogens (tertiary/aromatic N) is 4. The molecule has 7 heteroatoms. The van der Waals surface area contributed by atoms with Crippen molar-refractivity contribution in [2.45, 2.75) is 65.1 Å². The van der Waals surface area contributed by atoms with E-state index in [1.165, 1.54) is 22.5 Å². The molecule has 0 spiro atoms. The first-order chi connectivity index (χ1) is 11.5. The minimum atomic E-state index is -1.76. The number of aromatic nitrogens is 4. The van der Waals surface area contributed by atoms with E-state index in [1.54, 1.807) is 20.8 Å². The van der Waals surface area contributed by atoms with Gasteiger partial charge in [-0.25, -0.2) is 9.78 Å². The molecule has 0 atom stereocenters. The van der Waals surface area contributed by atoms with Crippen LogP contribution in [0, 0.1) is 0 Å². The Morgan fingerprint density at radius 1 is 1.35 bits per heavy atom. The lowest BCUT2D eigenvalue weighted by molar-refractivity contribution is 0.0678. The van der Waals surface area contributed by atoms with Crippen molar-refractivity contribution < 1.29 is 7.85 Å². The van der Waals surface area contributed by atoms with Crippen molar-refractivity contribution in [3.05, 3.63) is 27.2 Å². The van der Waals surface area contributed by atoms with Gasteiger partial charge in [-0.2, -0.15) is 0 Å². The van der Waals surface area contributed by atoms with Gasteiger partial charge in [0.15, 0.2) is 11.2 Å². The largest absolute Gasteiger partial charge is 0.390 e. The molecule has 0 bridgehead atoms. The molecule has 0 aliphatic carbocycles. The number of aryl methyl sites for hydroxylation is 2. The molecule has 0 saturated carbocycles. The maximum atomic E-state index is 12.8. The van der Waals surface area contributed by atoms with Gasteiger partial charge in [-0.3, -0.25) is 13.9 Å². The number of imidazole rings is 1. The first kappa shape index (κ1) is 14.7. The third kappa shape index (κ3) is 3.72. The average molecular weight is 324 g/mol. The molecule has 2 rings (SSSR count). The van der Waals surface area contributed by atoms with Gasteiger partial charge in [0, 0.05) is 22.8 Å². The highest BCUT2D eigenvalue weighted by Gasteiger charge is 2.16. The molecule has 0 aliphatic rings. The maximum absolute atomic E-state index is 12.8. The molecular weight excluding hydrogens is 296 g/mol. The minimum Gasteiger partial charge on any atom is -0.390 e. The van der Waals surface area contributed by atoms with Gasteiger partial charge in [0.05, 0.1) is 11.9 Å². The Balaban J connectivity index is 2.46. The van der Waals surface area contributed by atoms with Crippen LogP contribution >= 0.6 is 0 Å². The van der Waals surface area contributed by atoms with Crippen LogP contribution in [0.2, 0.25) is 0 Å². The second kappa shape index (κ2) is 6.70. The van der Waals surface area contributed by atoms with E-state index in [0.717, 1.165) is 4.57 Å². The van der Waals surface area contributed by atoms with Crippen molar-refractivity contribution in [3.8, 4) is 0 Å². The Morgan fingerprint density at radius 3 is 2.65 bits per heavy atom. The molecule has 23 heavy (non-hydrogen) atoms. The molecule has 2 aromatic heterocycles. The lowest BCUT2D eigenvalue weighted by Crippen LogP contribution is -2.39. The van der Waals surface area contributed by atoms with Crippen molar-refractivity contribution in [2.24, 2.45) is 7.05 Å². The molecular formula is C16H26N4O3. The van der Waals surface area contributed by atoms with Crippen LogP contribution in [-0.2, 0) is 20.1 Å². The molecule has 0 aromatic carbocycles. The van der Waals surface area contributed by atoms with Gasteiger partial charge in [0.2, 0.25) is 0 Å². The zero-order chi connectivity index (χ0) is 19.0. The fourth-order valence-electron chi connectivity index (χ4n) is 2.58. The van der Waals surface area contributed by atoms with Crippen LogP contribution in [0.15, 0.2) is 15.9 Å². The van der Waals surface area contributed by atoms with Crippen LogP contribution in [0.5, 0.6) is 0 Å². The summed E-state index contributed by atoms with van der Waals surface area (Å²) >= 11 is 0. The lowest BCUT2D eigenvalue weighted by Gasteiger charge is -2.16. The number of fused-ring (bicyclic) bond motifs is 1. The summed E-state index contributed by atoms with van der Waals surface area (Å²) in [6, 6.07) is 0. The summed E-state index contributed by atoms with van der Waals surface area (Å²) in [7, 11) is 1.52. The highest BCUT2D eigenvalue weighted by Crippen LogP contribution is 2.12. The first-order valence-corrected chi connectivity index (χ1v) is 7.89. The third-order valence-electron chi connectivity index (χ3n) is 3.78. The first-order valence-electron chi connectivity index (χ1n) is 8.89. The van der Waals surface area contributed by atoms with Gasteiger partial charge in [0.1, 0.15) is 0 Å². The second-order valence-electron chi connectivity index (χ2n) is 6.37. The van der Waals surface area contributed by atoms with Crippen molar-refractivity contribution in [3.63, 3.8) is 0 Å². The quantitative estimate of drug-likeness (QED) is 0.777. The maximum Gasteiger partial charge on any atom is 0.332 e. The van der Waals surface area contributed by atoms with Crippen molar-refractivity contribution in [2.75, 3.05) is 0 Å². The van der Waals surface area contributed by atoms with Crippen molar-refractivity contribution in [1.82, 2.24) is 18.7 Å². The predicted octanol–water partition coefficient (Wildman–Crippen LogP) is 1.25. The summed E-state index contributed by atoms with van der Waals surface area (Å²) in [5.74, 6) is 0. The standard InChI is InChI=1S/C16H26N4O3/c1-5-9-19-11-17-13-12(19)14(21)20(15(22)18(13)4)10-7-6-8-16(2,3)23/h11,23H,5-10H2,1-4H3/i9D2. The van der Waals surface area contributed by atoms with Crippen LogP contribution in [0.4, 0.5) is 0 Å². The molecule has 0 aliphatic heterocycles. The summed E-state index contributed by atoms with van der Waals surface area (Å²) in [6.07, 6.45) is 3.26. The summed E-state index contributed by atoms with van der Waals surface area (Å²) in [6.45, 7) is 3.58. The van der Waals surface area contributed by atoms with Crippen LogP contribution in [-0.4, -0.2) is 29.4 Å². The Labute approximate surface area is 138 Å². The number of hydrogen-bond acceptors (Lipinski definition) is 4. The Morgan fingerprint density at radius 2 is 2.04 bits per heavy atom. The molecule has 0 radical (unpaired) electrons. The summed E-state index contributed by atoms with van der Waals surface area (Å²) < 4.78 is 19.7. The average Bonchev–Trinajstić information content (AvgIpc) is 2.97. The topological polar surface area (TPSA) is 82.1 Å². The van der Waals surface area contributed by atoms with Crippen LogP contribution in [0.25, 0.3) is 11.2 Å². The predicted molar refractivity (Wildman–Crippen MR) is 89.7 cm³/mol. The third-order valence-corrected chi connectivity index (χ3v) is 3.78. The number of rotatable bonds is 7. The Hall–Kier alpha value is -1.89. The molecule has 0 saturated heterocycles. The van der Waals surface area contributed by atoms with Gasteiger partial charge >= 0.3 is 5.69 Å². The van der Waals surface area contributed by atoms with Crippen LogP contribution in [0.3, 0.4) is 0 Å². The van der Waals surface area contributed by atoms with Crippen LogP contribution in [0.1, 0.15) is 49.2 Å². The van der Waals surface area contributed by atoms with E-state index in [2.05, 4.69) is 4.98 Å². The normalized spacial score (nSPS) is 14.1. The monoisotopic (exact) mass is 324 g/mol. The number of aliphatic hydroxyl groups is 1. The molecule has 0 amide bonds. The SMILES string of the molecule is [2H]C([2H])(CC)n1cnc2c1c(=O)n(CCCCC(C)(C)O)c(=O)n2C. The summed E-state index contributed by atoms with van der Waals surface area (Å²) in [5.41, 5.74) is -1.51. The molecule has 0 fully saturated rings. The van der Waals surface area contributed by atoms with E-state index in [1.807, 2.05) is 0 Å². The zero-order valence-electron chi connectivity index (χ0n) is 16.2. The minimum absolute atomic E-state index is 0.0939. The van der Waals surface area contributed by atoms with Crippen molar-refractivity contribution in [1.29, 1.82) is 0 Å². The molecule has 7 nitrogen and oxygen atoms in total. The van der Waals surface area contributed by atoms with Gasteiger partial charge in [-0.15, -0.1) is 0 Å². The number of hydrogen-bond donors (Lipinski definition) is 1. The van der Waals surface area contributed by atoms with Gasteiger partial charge in [-0.1, -0.05) is 6.92 Å². The van der Waals surface area contributed by atoms with Gasteiger partial charge < -0.3 is 9.67 Å². The molecule has 2 aromatic rings. The molecule has 0 unspecified atom stereocenters. The Kier molecular flexibility index (Phi) is 4.28. The highest BCUT2D eigenvalue weighted by atomic mass is 16.3. The zero-order valence-corrected chi connectivity index (χ0v) is 14.2. The van der Waals surface area contributed by atoms with E-state index in [-0.39, 0.29) is 24.1 Å². The van der Waals surface area contributed by atoms with E-state index in [0.29, 0.717) is 19.3 Å². The Bertz CT molecular complexity index is 874. The van der Waals surface area contributed by atoms with E-state index < -0.39 is 23.3 Å². The molecule has 1 N–H and O–H groups in total. The van der Waals surface area contributed by atoms with Crippen molar-refractivity contribution >= 4 is 11.2 Å². The van der Waals surface area contributed by atoms with E-state index >= 15 is 0 Å². The summed E-state index contributed by atoms with van der Waals surface area (Å²) in [5, 5.41) is 9.75. The fraction of sp³-hybridized carbons (Fsp3) is 0.688. The van der Waals surface area contributed by atoms with Crippen LogP contribution < -0.4 is 11.2 Å². The lowest BCUT2D eigenvalue weighted by atomic mass is 10.0. The van der Waals surface area contributed by atoms with Gasteiger partial charge in [0.25, 0.3) is 5.56 Å². The fourth-order valence-corrected chi connectivity index (χ4v) is 2.58. The summed E-state index contributed by atoms with van der Waals surface area (Å²) in [4.78, 5) is 29.3. The smallest absolute Gasteiger partial charge is 0.332 e. The van der Waals surface area contributed by atoms with E-state index in [4.69, 9.17) is 2.74 Å². The second-order valence-corrected chi connectivity index (χ2v) is 6.37. The number of unbranched alkanes of at least 4 members (excludes halogenated alkanes) is 1.